The van der Waals surface area contributed by atoms with Crippen LogP contribution in [0.5, 0.6) is 11.5 Å². The summed E-state index contributed by atoms with van der Waals surface area (Å²) in [5.41, 5.74) is 0.630. The largest absolute Gasteiger partial charge is 0.497 e. The molecule has 1 fully saturated rings. The Kier molecular flexibility index (Phi) is 5.84. The van der Waals surface area contributed by atoms with Crippen LogP contribution in [0.25, 0.3) is 0 Å². The average molecular weight is 320 g/mol. The molecule has 0 aliphatic carbocycles. The number of carbonyl (C=O) groups is 2. The van der Waals surface area contributed by atoms with Crippen LogP contribution in [0, 0.1) is 5.92 Å². The van der Waals surface area contributed by atoms with Crippen molar-refractivity contribution in [2.75, 3.05) is 32.6 Å². The second-order valence-electron chi connectivity index (χ2n) is 5.56. The molecule has 1 heterocycles. The number of hydrogen-bond donors (Lipinski definition) is 1. The number of amides is 2. The maximum absolute atomic E-state index is 12.4. The predicted octanol–water partition coefficient (Wildman–Crippen LogP) is 2.29. The number of benzene rings is 1. The molecule has 6 heteroatoms. The molecule has 0 spiro atoms. The molecule has 23 heavy (non-hydrogen) atoms. The number of piperidine rings is 1. The minimum Gasteiger partial charge on any atom is -0.497 e. The highest BCUT2D eigenvalue weighted by molar-refractivity contribution is 5.94. The normalized spacial score (nSPS) is 15.2. The molecule has 0 radical (unpaired) electrons. The van der Waals surface area contributed by atoms with E-state index in [1.54, 1.807) is 32.4 Å². The topological polar surface area (TPSA) is 67.9 Å². The van der Waals surface area contributed by atoms with E-state index in [4.69, 9.17) is 9.47 Å². The fourth-order valence-electron chi connectivity index (χ4n) is 2.75. The lowest BCUT2D eigenvalue weighted by Crippen LogP contribution is -2.41. The Hall–Kier alpha value is -2.24. The summed E-state index contributed by atoms with van der Waals surface area (Å²) in [6.07, 6.45) is 1.89. The number of methoxy groups -OCH3 is 2. The van der Waals surface area contributed by atoms with E-state index in [9.17, 15) is 9.59 Å². The van der Waals surface area contributed by atoms with Crippen LogP contribution in [0.2, 0.25) is 0 Å². The predicted molar refractivity (Wildman–Crippen MR) is 87.8 cm³/mol. The van der Waals surface area contributed by atoms with E-state index in [1.807, 2.05) is 11.8 Å². The number of hydrogen-bond acceptors (Lipinski definition) is 4. The Morgan fingerprint density at radius 1 is 1.22 bits per heavy atom. The molecule has 1 saturated heterocycles. The Labute approximate surface area is 136 Å². The van der Waals surface area contributed by atoms with Gasteiger partial charge in [-0.2, -0.15) is 0 Å². The Morgan fingerprint density at radius 3 is 2.48 bits per heavy atom. The number of nitrogens with zero attached hydrogens (tertiary/aromatic N) is 1. The van der Waals surface area contributed by atoms with Gasteiger partial charge in [0.25, 0.3) is 0 Å². The van der Waals surface area contributed by atoms with Crippen LogP contribution in [0.1, 0.15) is 26.2 Å². The number of ether oxygens (including phenoxy) is 2. The van der Waals surface area contributed by atoms with Crippen molar-refractivity contribution < 1.29 is 19.1 Å². The quantitative estimate of drug-likeness (QED) is 0.904. The first-order valence-electron chi connectivity index (χ1n) is 7.89. The lowest BCUT2D eigenvalue weighted by molar-refractivity contribution is -0.134. The van der Waals surface area contributed by atoms with Crippen molar-refractivity contribution in [2.45, 2.75) is 26.2 Å². The van der Waals surface area contributed by atoms with Crippen LogP contribution in [0.3, 0.4) is 0 Å². The molecule has 0 aromatic heterocycles. The van der Waals surface area contributed by atoms with E-state index in [0.717, 1.165) is 0 Å². The Bertz CT molecular complexity index is 566. The van der Waals surface area contributed by atoms with Gasteiger partial charge < -0.3 is 19.7 Å². The number of anilines is 1. The molecular formula is C17H24N2O4. The van der Waals surface area contributed by atoms with Crippen molar-refractivity contribution in [1.29, 1.82) is 0 Å². The van der Waals surface area contributed by atoms with Crippen molar-refractivity contribution in [1.82, 2.24) is 4.90 Å². The zero-order chi connectivity index (χ0) is 16.8. The highest BCUT2D eigenvalue weighted by Crippen LogP contribution is 2.30. The summed E-state index contributed by atoms with van der Waals surface area (Å²) < 4.78 is 10.4. The Morgan fingerprint density at radius 2 is 1.91 bits per heavy atom. The third-order valence-corrected chi connectivity index (χ3v) is 4.19. The minimum atomic E-state index is -0.0808. The van der Waals surface area contributed by atoms with Gasteiger partial charge in [-0.15, -0.1) is 0 Å². The van der Waals surface area contributed by atoms with Crippen LogP contribution in [0.15, 0.2) is 18.2 Å². The number of rotatable bonds is 5. The van der Waals surface area contributed by atoms with E-state index < -0.39 is 0 Å². The van der Waals surface area contributed by atoms with Gasteiger partial charge in [0.15, 0.2) is 0 Å². The zero-order valence-electron chi connectivity index (χ0n) is 13.9. The number of likely N-dealkylation sites (tertiary alicyclic amines) is 1. The van der Waals surface area contributed by atoms with Gasteiger partial charge >= 0.3 is 0 Å². The first-order chi connectivity index (χ1) is 11.1. The molecule has 1 aliphatic rings. The molecule has 1 N–H and O–H groups in total. The lowest BCUT2D eigenvalue weighted by atomic mass is 9.95. The number of nitrogens with one attached hydrogen (secondary N) is 1. The molecule has 126 valence electrons. The van der Waals surface area contributed by atoms with E-state index in [-0.39, 0.29) is 17.7 Å². The van der Waals surface area contributed by atoms with Gasteiger partial charge in [-0.3, -0.25) is 9.59 Å². The minimum absolute atomic E-state index is 0.0305. The first-order valence-corrected chi connectivity index (χ1v) is 7.89. The molecule has 1 aliphatic heterocycles. The summed E-state index contributed by atoms with van der Waals surface area (Å²) in [4.78, 5) is 25.9. The van der Waals surface area contributed by atoms with Gasteiger partial charge in [0.05, 0.1) is 19.9 Å². The molecule has 0 unspecified atom stereocenters. The van der Waals surface area contributed by atoms with E-state index in [1.165, 1.54) is 0 Å². The third-order valence-electron chi connectivity index (χ3n) is 4.19. The van der Waals surface area contributed by atoms with Gasteiger partial charge in [0, 0.05) is 31.5 Å². The maximum atomic E-state index is 12.4. The molecule has 6 nitrogen and oxygen atoms in total. The fraction of sp³-hybridized carbons (Fsp3) is 0.529. The highest BCUT2D eigenvalue weighted by Gasteiger charge is 2.27. The molecule has 0 bridgehead atoms. The first kappa shape index (κ1) is 17.1. The van der Waals surface area contributed by atoms with Gasteiger partial charge in [0.1, 0.15) is 11.5 Å². The van der Waals surface area contributed by atoms with Gasteiger partial charge in [-0.1, -0.05) is 6.92 Å². The van der Waals surface area contributed by atoms with Crippen molar-refractivity contribution in [3.8, 4) is 11.5 Å². The van der Waals surface area contributed by atoms with Gasteiger partial charge in [-0.25, -0.2) is 0 Å². The molecule has 0 atom stereocenters. The standard InChI is InChI=1S/C17H24N2O4/c1-4-16(20)19-9-7-12(8-10-19)17(21)18-14-6-5-13(22-2)11-15(14)23-3/h5-6,11-12H,4,7-10H2,1-3H3,(H,18,21). The molecule has 1 aromatic carbocycles. The van der Waals surface area contributed by atoms with Crippen molar-refractivity contribution >= 4 is 17.5 Å². The van der Waals surface area contributed by atoms with Gasteiger partial charge in [-0.05, 0) is 25.0 Å². The van der Waals surface area contributed by atoms with Crippen LogP contribution >= 0.6 is 0 Å². The fourth-order valence-corrected chi connectivity index (χ4v) is 2.75. The van der Waals surface area contributed by atoms with Gasteiger partial charge in [0.2, 0.25) is 11.8 Å². The lowest BCUT2D eigenvalue weighted by Gasteiger charge is -2.31. The summed E-state index contributed by atoms with van der Waals surface area (Å²) in [5, 5.41) is 2.92. The van der Waals surface area contributed by atoms with E-state index >= 15 is 0 Å². The molecule has 2 rings (SSSR count). The van der Waals surface area contributed by atoms with E-state index in [0.29, 0.717) is 49.5 Å². The molecule has 2 amide bonds. The zero-order valence-corrected chi connectivity index (χ0v) is 13.9. The second kappa shape index (κ2) is 7.85. The maximum Gasteiger partial charge on any atom is 0.227 e. The number of carbonyl (C=O) groups excluding carboxylic acids is 2. The summed E-state index contributed by atoms with van der Waals surface area (Å²) >= 11 is 0. The SMILES string of the molecule is CCC(=O)N1CCC(C(=O)Nc2ccc(OC)cc2OC)CC1. The van der Waals surface area contributed by atoms with Crippen LogP contribution in [0.4, 0.5) is 5.69 Å². The summed E-state index contributed by atoms with van der Waals surface area (Å²) in [5.74, 6) is 1.28. The van der Waals surface area contributed by atoms with Crippen molar-refractivity contribution in [3.63, 3.8) is 0 Å². The molecule has 1 aromatic rings. The summed E-state index contributed by atoms with van der Waals surface area (Å²) in [6, 6.07) is 5.28. The molecule has 0 saturated carbocycles. The second-order valence-corrected chi connectivity index (χ2v) is 5.56. The monoisotopic (exact) mass is 320 g/mol. The van der Waals surface area contributed by atoms with Crippen LogP contribution in [-0.4, -0.2) is 44.0 Å². The van der Waals surface area contributed by atoms with Crippen LogP contribution < -0.4 is 14.8 Å². The highest BCUT2D eigenvalue weighted by atomic mass is 16.5. The summed E-state index contributed by atoms with van der Waals surface area (Å²) in [6.45, 7) is 3.14. The summed E-state index contributed by atoms with van der Waals surface area (Å²) in [7, 11) is 3.14. The van der Waals surface area contributed by atoms with Crippen LogP contribution in [-0.2, 0) is 9.59 Å². The average Bonchev–Trinajstić information content (AvgIpc) is 2.61. The smallest absolute Gasteiger partial charge is 0.227 e. The van der Waals surface area contributed by atoms with E-state index in [2.05, 4.69) is 5.32 Å². The molecular weight excluding hydrogens is 296 g/mol. The van der Waals surface area contributed by atoms with Crippen molar-refractivity contribution in [2.24, 2.45) is 5.92 Å². The Balaban J connectivity index is 1.96. The van der Waals surface area contributed by atoms with Crippen molar-refractivity contribution in [3.05, 3.63) is 18.2 Å². The third kappa shape index (κ3) is 4.15.